The van der Waals surface area contributed by atoms with E-state index in [1.165, 1.54) is 10.9 Å². The summed E-state index contributed by atoms with van der Waals surface area (Å²) >= 11 is 3.58. The Morgan fingerprint density at radius 3 is 2.57 bits per heavy atom. The predicted octanol–water partition coefficient (Wildman–Crippen LogP) is 3.06. The van der Waals surface area contributed by atoms with Crippen molar-refractivity contribution in [2.45, 2.75) is 6.54 Å². The average molecular weight is 344 g/mol. The van der Waals surface area contributed by atoms with E-state index >= 15 is 0 Å². The van der Waals surface area contributed by atoms with Gasteiger partial charge >= 0.3 is 0 Å². The topological polar surface area (TPSA) is 60.0 Å². The molecule has 0 saturated carbocycles. The zero-order chi connectivity index (χ0) is 14.8. The molecule has 1 heterocycles. The van der Waals surface area contributed by atoms with Crippen LogP contribution in [0.15, 0.2) is 59.2 Å². The molecule has 0 atom stereocenters. The summed E-state index contributed by atoms with van der Waals surface area (Å²) in [5.41, 5.74) is 4.98. The second-order valence-corrected chi connectivity index (χ2v) is 5.65. The molecule has 1 amide bonds. The van der Waals surface area contributed by atoms with Gasteiger partial charge in [0.25, 0.3) is 5.91 Å². The molecule has 21 heavy (non-hydrogen) atoms. The molecule has 0 aliphatic carbocycles. The maximum atomic E-state index is 11.4. The van der Waals surface area contributed by atoms with Crippen molar-refractivity contribution >= 4 is 32.7 Å². The van der Waals surface area contributed by atoms with Gasteiger partial charge in [-0.15, -0.1) is 0 Å². The Kier molecular flexibility index (Phi) is 3.77. The fourth-order valence-electron chi connectivity index (χ4n) is 2.37. The predicted molar refractivity (Wildman–Crippen MR) is 86.8 cm³/mol. The molecule has 3 N–H and O–H groups in total. The number of hydrogen-bond acceptors (Lipinski definition) is 2. The fraction of sp³-hybridized carbons (Fsp3) is 0.0625. The summed E-state index contributed by atoms with van der Waals surface area (Å²) in [5, 5.41) is 1.19. The van der Waals surface area contributed by atoms with E-state index in [1.54, 1.807) is 12.1 Å². The van der Waals surface area contributed by atoms with Crippen LogP contribution in [-0.4, -0.2) is 10.5 Å². The second kappa shape index (κ2) is 5.71. The SMILES string of the molecule is NNC(=O)c1ccc(Cn2cc(Br)c3ccccc32)cc1. The van der Waals surface area contributed by atoms with Gasteiger partial charge < -0.3 is 4.57 Å². The van der Waals surface area contributed by atoms with Crippen molar-refractivity contribution in [3.05, 3.63) is 70.3 Å². The van der Waals surface area contributed by atoms with Gasteiger partial charge in [0.2, 0.25) is 0 Å². The Morgan fingerprint density at radius 1 is 1.14 bits per heavy atom. The van der Waals surface area contributed by atoms with E-state index in [0.717, 1.165) is 16.6 Å². The van der Waals surface area contributed by atoms with Crippen molar-refractivity contribution in [3.63, 3.8) is 0 Å². The number of halogens is 1. The molecule has 0 aliphatic rings. The zero-order valence-electron chi connectivity index (χ0n) is 11.2. The smallest absolute Gasteiger partial charge is 0.265 e. The van der Waals surface area contributed by atoms with Gasteiger partial charge in [-0.25, -0.2) is 5.84 Å². The fourth-order valence-corrected chi connectivity index (χ4v) is 2.96. The monoisotopic (exact) mass is 343 g/mol. The molecule has 0 spiro atoms. The van der Waals surface area contributed by atoms with Crippen molar-refractivity contribution in [2.24, 2.45) is 5.84 Å². The summed E-state index contributed by atoms with van der Waals surface area (Å²) in [4.78, 5) is 11.4. The van der Waals surface area contributed by atoms with Gasteiger partial charge in [-0.2, -0.15) is 0 Å². The van der Waals surface area contributed by atoms with Gasteiger partial charge in [-0.05, 0) is 39.7 Å². The summed E-state index contributed by atoms with van der Waals surface area (Å²) < 4.78 is 3.26. The number of carbonyl (C=O) groups excluding carboxylic acids is 1. The van der Waals surface area contributed by atoms with E-state index in [4.69, 9.17) is 5.84 Å². The highest BCUT2D eigenvalue weighted by Gasteiger charge is 2.07. The van der Waals surface area contributed by atoms with E-state index in [0.29, 0.717) is 5.56 Å². The number of fused-ring (bicyclic) bond motifs is 1. The molecule has 3 aromatic rings. The number of nitrogen functional groups attached to an aromatic ring is 1. The first-order valence-electron chi connectivity index (χ1n) is 6.52. The Labute approximate surface area is 130 Å². The van der Waals surface area contributed by atoms with Gasteiger partial charge in [-0.3, -0.25) is 10.2 Å². The van der Waals surface area contributed by atoms with Gasteiger partial charge in [0.1, 0.15) is 0 Å². The molecule has 4 nitrogen and oxygen atoms in total. The van der Waals surface area contributed by atoms with Gasteiger partial charge in [0.05, 0.1) is 0 Å². The van der Waals surface area contributed by atoms with E-state index < -0.39 is 0 Å². The zero-order valence-corrected chi connectivity index (χ0v) is 12.8. The molecule has 5 heteroatoms. The van der Waals surface area contributed by atoms with E-state index in [-0.39, 0.29) is 5.91 Å². The first-order chi connectivity index (χ1) is 10.2. The van der Waals surface area contributed by atoms with Crippen LogP contribution in [-0.2, 0) is 6.54 Å². The number of nitrogens with zero attached hydrogens (tertiary/aromatic N) is 1. The number of aromatic nitrogens is 1. The molecule has 0 unspecified atom stereocenters. The summed E-state index contributed by atoms with van der Waals surface area (Å²) in [7, 11) is 0. The van der Waals surface area contributed by atoms with Crippen LogP contribution in [0.3, 0.4) is 0 Å². The first-order valence-corrected chi connectivity index (χ1v) is 7.31. The largest absolute Gasteiger partial charge is 0.342 e. The molecule has 0 fully saturated rings. The molecule has 0 saturated heterocycles. The third kappa shape index (κ3) is 2.70. The van der Waals surface area contributed by atoms with Crippen LogP contribution in [0.5, 0.6) is 0 Å². The van der Waals surface area contributed by atoms with Crippen LogP contribution in [0, 0.1) is 0 Å². The number of carbonyl (C=O) groups is 1. The minimum Gasteiger partial charge on any atom is -0.342 e. The first kappa shape index (κ1) is 13.9. The van der Waals surface area contributed by atoms with Crippen LogP contribution in [0.1, 0.15) is 15.9 Å². The summed E-state index contributed by atoms with van der Waals surface area (Å²) in [5.74, 6) is 4.84. The van der Waals surface area contributed by atoms with Crippen LogP contribution >= 0.6 is 15.9 Å². The maximum absolute atomic E-state index is 11.4. The van der Waals surface area contributed by atoms with Crippen molar-refractivity contribution in [1.29, 1.82) is 0 Å². The van der Waals surface area contributed by atoms with Gasteiger partial charge in [0, 0.05) is 33.7 Å². The highest BCUT2D eigenvalue weighted by atomic mass is 79.9. The quantitative estimate of drug-likeness (QED) is 0.436. The third-order valence-electron chi connectivity index (χ3n) is 3.44. The summed E-state index contributed by atoms with van der Waals surface area (Å²) in [6.45, 7) is 0.747. The lowest BCUT2D eigenvalue weighted by Gasteiger charge is -2.06. The number of nitrogens with two attached hydrogens (primary N) is 1. The van der Waals surface area contributed by atoms with Crippen LogP contribution < -0.4 is 11.3 Å². The third-order valence-corrected chi connectivity index (χ3v) is 4.07. The Balaban J connectivity index is 1.90. The summed E-state index contributed by atoms with van der Waals surface area (Å²) in [6.07, 6.45) is 2.07. The minimum atomic E-state index is -0.282. The van der Waals surface area contributed by atoms with Crippen molar-refractivity contribution in [1.82, 2.24) is 9.99 Å². The minimum absolute atomic E-state index is 0.282. The molecular formula is C16H14BrN3O. The number of rotatable bonds is 3. The number of para-hydroxylation sites is 1. The van der Waals surface area contributed by atoms with E-state index in [1.807, 2.05) is 24.3 Å². The lowest BCUT2D eigenvalue weighted by atomic mass is 10.1. The van der Waals surface area contributed by atoms with Gasteiger partial charge in [0.15, 0.2) is 0 Å². The number of hydrogen-bond donors (Lipinski definition) is 2. The van der Waals surface area contributed by atoms with Gasteiger partial charge in [-0.1, -0.05) is 30.3 Å². The molecule has 0 radical (unpaired) electrons. The van der Waals surface area contributed by atoms with Crippen LogP contribution in [0.2, 0.25) is 0 Å². The molecule has 106 valence electrons. The Hall–Kier alpha value is -2.11. The lowest BCUT2D eigenvalue weighted by Crippen LogP contribution is -2.29. The standard InChI is InChI=1S/C16H14BrN3O/c17-14-10-20(15-4-2-1-3-13(14)15)9-11-5-7-12(8-6-11)16(21)19-18/h1-8,10H,9,18H2,(H,19,21). The normalized spacial score (nSPS) is 10.8. The number of amides is 1. The number of hydrazine groups is 1. The van der Waals surface area contributed by atoms with Crippen molar-refractivity contribution in [2.75, 3.05) is 0 Å². The maximum Gasteiger partial charge on any atom is 0.265 e. The number of nitrogens with one attached hydrogen (secondary N) is 1. The molecule has 0 aliphatic heterocycles. The number of benzene rings is 2. The highest BCUT2D eigenvalue weighted by molar-refractivity contribution is 9.10. The van der Waals surface area contributed by atoms with Crippen LogP contribution in [0.4, 0.5) is 0 Å². The van der Waals surface area contributed by atoms with Crippen LogP contribution in [0.25, 0.3) is 10.9 Å². The van der Waals surface area contributed by atoms with Crippen molar-refractivity contribution in [3.8, 4) is 0 Å². The Morgan fingerprint density at radius 2 is 1.86 bits per heavy atom. The molecular weight excluding hydrogens is 330 g/mol. The molecule has 0 bridgehead atoms. The van der Waals surface area contributed by atoms with E-state index in [2.05, 4.69) is 44.3 Å². The second-order valence-electron chi connectivity index (χ2n) is 4.79. The average Bonchev–Trinajstić information content (AvgIpc) is 2.84. The lowest BCUT2D eigenvalue weighted by molar-refractivity contribution is 0.0953. The molecule has 1 aromatic heterocycles. The molecule has 3 rings (SSSR count). The Bertz CT molecular complexity index is 793. The molecule has 2 aromatic carbocycles. The summed E-state index contributed by atoms with van der Waals surface area (Å²) in [6, 6.07) is 15.7. The van der Waals surface area contributed by atoms with E-state index in [9.17, 15) is 4.79 Å². The highest BCUT2D eigenvalue weighted by Crippen LogP contribution is 2.26. The van der Waals surface area contributed by atoms with Crippen molar-refractivity contribution < 1.29 is 4.79 Å².